The third-order valence-electron chi connectivity index (χ3n) is 7.30. The van der Waals surface area contributed by atoms with Gasteiger partial charge in [0.2, 0.25) is 0 Å². The van der Waals surface area contributed by atoms with Gasteiger partial charge in [-0.15, -0.1) is 0 Å². The Morgan fingerprint density at radius 2 is 1.23 bits per heavy atom. The summed E-state index contributed by atoms with van der Waals surface area (Å²) in [4.78, 5) is 57.3. The summed E-state index contributed by atoms with van der Waals surface area (Å²) in [5.74, 6) is 0.0533. The van der Waals surface area contributed by atoms with Gasteiger partial charge in [-0.1, -0.05) is 70.8 Å². The second-order valence-corrected chi connectivity index (χ2v) is 13.0. The lowest BCUT2D eigenvalue weighted by Gasteiger charge is -2.23. The number of methoxy groups -OCH3 is 2. The number of ether oxygens (including phenoxy) is 2. The summed E-state index contributed by atoms with van der Waals surface area (Å²) in [6.45, 7) is 4.90. The Balaban J connectivity index is 2.02. The molecule has 0 saturated carbocycles. The molecule has 2 rings (SSSR count). The Bertz CT molecular complexity index is 938. The number of pyridine rings is 1. The van der Waals surface area contributed by atoms with Crippen molar-refractivity contribution in [2.75, 3.05) is 56.9 Å². The molecule has 0 unspecified atom stereocenters. The van der Waals surface area contributed by atoms with Crippen LogP contribution in [0.3, 0.4) is 0 Å². The van der Waals surface area contributed by atoms with Crippen LogP contribution in [0, 0.1) is 0 Å². The van der Waals surface area contributed by atoms with Gasteiger partial charge in [-0.25, -0.2) is 14.6 Å². The number of hydrogen-bond donors (Lipinski definition) is 2. The molecule has 0 aliphatic carbocycles. The van der Waals surface area contributed by atoms with Crippen LogP contribution in [0.25, 0.3) is 0 Å². The van der Waals surface area contributed by atoms with Crippen molar-refractivity contribution < 1.29 is 28.7 Å². The van der Waals surface area contributed by atoms with E-state index in [0.29, 0.717) is 11.5 Å². The van der Waals surface area contributed by atoms with Crippen LogP contribution in [0.4, 0.5) is 0 Å². The molecule has 0 radical (unpaired) electrons. The molecule has 1 aromatic rings. The van der Waals surface area contributed by atoms with Crippen molar-refractivity contribution >= 4 is 47.3 Å². The molecule has 2 heterocycles. The molecule has 0 saturated heterocycles. The van der Waals surface area contributed by atoms with Crippen molar-refractivity contribution in [1.82, 2.24) is 20.5 Å². The maximum atomic E-state index is 12.9. The molecular formula is C31H50N4O6S2. The largest absolute Gasteiger partial charge is 0.467 e. The number of unbranched alkanes of at least 4 members (excludes halogenated alkanes) is 9. The normalized spacial score (nSPS) is 19.4. The quantitative estimate of drug-likeness (QED) is 0.238. The molecule has 0 spiro atoms. The van der Waals surface area contributed by atoms with E-state index in [4.69, 9.17) is 9.47 Å². The Kier molecular flexibility index (Phi) is 19.1. The predicted molar refractivity (Wildman–Crippen MR) is 174 cm³/mol. The molecular weight excluding hydrogens is 588 g/mol. The fraction of sp³-hybridized carbons (Fsp3) is 0.710. The first-order chi connectivity index (χ1) is 20.9. The summed E-state index contributed by atoms with van der Waals surface area (Å²) in [6, 6.07) is 2.75. The van der Waals surface area contributed by atoms with Crippen LogP contribution < -0.4 is 10.6 Å². The molecule has 1 aliphatic heterocycles. The van der Waals surface area contributed by atoms with Gasteiger partial charge in [0.05, 0.1) is 14.2 Å². The van der Waals surface area contributed by atoms with Crippen LogP contribution in [0.15, 0.2) is 18.2 Å². The average Bonchev–Trinajstić information content (AvgIpc) is 3.02. The van der Waals surface area contributed by atoms with Crippen LogP contribution in [0.2, 0.25) is 0 Å². The molecule has 0 aromatic carbocycles. The molecule has 2 N–H and O–H groups in total. The summed E-state index contributed by atoms with van der Waals surface area (Å²) < 4.78 is 9.84. The van der Waals surface area contributed by atoms with Gasteiger partial charge in [-0.3, -0.25) is 9.59 Å². The minimum atomic E-state index is -0.852. The standard InChI is InChI=1S/C31H50N4O6S2/c1-4-5-6-7-8-9-10-11-12-13-17-35-18-20-42-22-26(30(38)40-2)33-28(36)24-15-14-16-25(32-24)29(37)34-27(31(39)41-3)23-43-21-19-35/h14-16,26-27H,4-13,17-23H2,1-3H3,(H,33,36)(H,34,37)/t26-,27-/m0/s1. The second kappa shape index (κ2) is 22.2. The average molecular weight is 639 g/mol. The molecule has 1 aliphatic rings. The highest BCUT2D eigenvalue weighted by Gasteiger charge is 2.26. The third-order valence-corrected chi connectivity index (χ3v) is 9.38. The monoisotopic (exact) mass is 638 g/mol. The second-order valence-electron chi connectivity index (χ2n) is 10.7. The van der Waals surface area contributed by atoms with Crippen molar-refractivity contribution in [3.63, 3.8) is 0 Å². The minimum absolute atomic E-state index is 0.0145. The van der Waals surface area contributed by atoms with E-state index in [1.807, 2.05) is 0 Å². The number of nitrogens with one attached hydrogen (secondary N) is 2. The van der Waals surface area contributed by atoms with Crippen molar-refractivity contribution in [2.45, 2.75) is 83.2 Å². The molecule has 0 fully saturated rings. The SMILES string of the molecule is CCCCCCCCCCCCN1CCSC[C@@H](C(=O)OC)NC(=O)c2cccc(n2)C(=O)N[C@H](C(=O)OC)CSCC1. The Morgan fingerprint density at radius 3 is 1.67 bits per heavy atom. The smallest absolute Gasteiger partial charge is 0.329 e. The fourth-order valence-corrected chi connectivity index (χ4v) is 6.74. The van der Waals surface area contributed by atoms with Gasteiger partial charge in [-0.2, -0.15) is 23.5 Å². The number of hydrogen-bond acceptors (Lipinski definition) is 10. The lowest BCUT2D eigenvalue weighted by Crippen LogP contribution is -2.45. The number of rotatable bonds is 13. The van der Waals surface area contributed by atoms with E-state index in [9.17, 15) is 19.2 Å². The number of carbonyl (C=O) groups excluding carboxylic acids is 4. The molecule has 1 aromatic heterocycles. The number of aromatic nitrogens is 1. The number of amides is 2. The lowest BCUT2D eigenvalue weighted by atomic mass is 10.1. The van der Waals surface area contributed by atoms with E-state index in [0.717, 1.165) is 37.6 Å². The summed E-state index contributed by atoms with van der Waals surface area (Å²) in [7, 11) is 2.58. The first-order valence-electron chi connectivity index (χ1n) is 15.5. The van der Waals surface area contributed by atoms with Crippen molar-refractivity contribution in [2.24, 2.45) is 0 Å². The van der Waals surface area contributed by atoms with E-state index in [1.54, 1.807) is 23.5 Å². The summed E-state index contributed by atoms with van der Waals surface area (Å²) in [6.07, 6.45) is 12.8. The van der Waals surface area contributed by atoms with E-state index in [2.05, 4.69) is 27.4 Å². The Labute approximate surface area is 265 Å². The van der Waals surface area contributed by atoms with E-state index < -0.39 is 35.8 Å². The predicted octanol–water partition coefficient (Wildman–Crippen LogP) is 4.33. The Hall–Kier alpha value is -2.31. The first kappa shape index (κ1) is 36.9. The topological polar surface area (TPSA) is 127 Å². The molecule has 2 bridgehead atoms. The summed E-state index contributed by atoms with van der Waals surface area (Å²) in [5, 5.41) is 5.39. The van der Waals surface area contributed by atoms with Crippen LogP contribution in [-0.2, 0) is 19.1 Å². The zero-order valence-electron chi connectivity index (χ0n) is 26.1. The van der Waals surface area contributed by atoms with E-state index >= 15 is 0 Å². The van der Waals surface area contributed by atoms with Gasteiger partial charge in [-0.05, 0) is 25.1 Å². The number of thioether (sulfide) groups is 2. The maximum absolute atomic E-state index is 12.9. The van der Waals surface area contributed by atoms with Crippen LogP contribution >= 0.6 is 23.5 Å². The van der Waals surface area contributed by atoms with Gasteiger partial charge in [0, 0.05) is 36.1 Å². The van der Waals surface area contributed by atoms with Gasteiger partial charge in [0.25, 0.3) is 11.8 Å². The zero-order chi connectivity index (χ0) is 31.3. The van der Waals surface area contributed by atoms with Gasteiger partial charge >= 0.3 is 11.9 Å². The Morgan fingerprint density at radius 1 is 0.791 bits per heavy atom. The highest BCUT2D eigenvalue weighted by atomic mass is 32.2. The lowest BCUT2D eigenvalue weighted by molar-refractivity contribution is -0.143. The zero-order valence-corrected chi connectivity index (χ0v) is 27.7. The molecule has 43 heavy (non-hydrogen) atoms. The molecule has 242 valence electrons. The highest BCUT2D eigenvalue weighted by molar-refractivity contribution is 7.99. The summed E-state index contributed by atoms with van der Waals surface area (Å²) in [5.41, 5.74) is -0.0290. The molecule has 2 atom stereocenters. The minimum Gasteiger partial charge on any atom is -0.467 e. The molecule has 12 heteroatoms. The van der Waals surface area contributed by atoms with Gasteiger partial charge in [0.1, 0.15) is 23.5 Å². The van der Waals surface area contributed by atoms with Gasteiger partial charge in [0.15, 0.2) is 0 Å². The molecule has 2 amide bonds. The van der Waals surface area contributed by atoms with Crippen LogP contribution in [-0.4, -0.2) is 103 Å². The van der Waals surface area contributed by atoms with E-state index in [-0.39, 0.29) is 11.4 Å². The first-order valence-corrected chi connectivity index (χ1v) is 17.8. The van der Waals surface area contributed by atoms with E-state index in [1.165, 1.54) is 90.2 Å². The maximum Gasteiger partial charge on any atom is 0.329 e. The fourth-order valence-electron chi connectivity index (χ4n) is 4.72. The molecule has 10 nitrogen and oxygen atoms in total. The number of fused-ring (bicyclic) bond motifs is 2. The summed E-state index contributed by atoms with van der Waals surface area (Å²) >= 11 is 3.17. The highest BCUT2D eigenvalue weighted by Crippen LogP contribution is 2.14. The van der Waals surface area contributed by atoms with Crippen LogP contribution in [0.5, 0.6) is 0 Å². The van der Waals surface area contributed by atoms with Crippen molar-refractivity contribution in [3.05, 3.63) is 29.6 Å². The number of nitrogens with zero attached hydrogens (tertiary/aromatic N) is 2. The van der Waals surface area contributed by atoms with Crippen molar-refractivity contribution in [3.8, 4) is 0 Å². The van der Waals surface area contributed by atoms with Crippen molar-refractivity contribution in [1.29, 1.82) is 0 Å². The van der Waals surface area contributed by atoms with Gasteiger partial charge < -0.3 is 25.0 Å². The van der Waals surface area contributed by atoms with Crippen LogP contribution in [0.1, 0.15) is 92.1 Å². The number of esters is 2. The number of carbonyl (C=O) groups is 4. The third kappa shape index (κ3) is 14.8.